The molecule has 2 rings (SSSR count). The third kappa shape index (κ3) is 8.18. The van der Waals surface area contributed by atoms with Crippen molar-refractivity contribution < 1.29 is 19.1 Å². The molecule has 1 fully saturated rings. The van der Waals surface area contributed by atoms with Gasteiger partial charge in [-0.2, -0.15) is 0 Å². The molecular formula is C21H33N5O4. The van der Waals surface area contributed by atoms with Crippen molar-refractivity contribution in [2.45, 2.75) is 52.3 Å². The maximum Gasteiger partial charge on any atom is 0.407 e. The summed E-state index contributed by atoms with van der Waals surface area (Å²) in [5.41, 5.74) is 5.55. The fourth-order valence-electron chi connectivity index (χ4n) is 3.02. The number of nitrogens with one attached hydrogen (secondary N) is 2. The molecule has 1 unspecified atom stereocenters. The molecule has 1 heterocycles. The van der Waals surface area contributed by atoms with E-state index < -0.39 is 17.6 Å². The van der Waals surface area contributed by atoms with Gasteiger partial charge in [-0.1, -0.05) is 12.1 Å². The first-order chi connectivity index (χ1) is 14.2. The van der Waals surface area contributed by atoms with Gasteiger partial charge in [-0.3, -0.25) is 4.79 Å². The first-order valence-corrected chi connectivity index (χ1v) is 10.2. The van der Waals surface area contributed by atoms with Crippen LogP contribution >= 0.6 is 0 Å². The van der Waals surface area contributed by atoms with E-state index in [0.717, 1.165) is 31.0 Å². The molecule has 1 aliphatic rings. The number of nitrogens with two attached hydrogens (primary N) is 1. The van der Waals surface area contributed by atoms with Crippen molar-refractivity contribution in [3.63, 3.8) is 0 Å². The second-order valence-electron chi connectivity index (χ2n) is 8.15. The lowest BCUT2D eigenvalue weighted by Gasteiger charge is -2.23. The van der Waals surface area contributed by atoms with E-state index in [0.29, 0.717) is 18.8 Å². The van der Waals surface area contributed by atoms with E-state index in [9.17, 15) is 9.59 Å². The lowest BCUT2D eigenvalue weighted by Crippen LogP contribution is -2.44. The van der Waals surface area contributed by atoms with Gasteiger partial charge in [0.1, 0.15) is 11.4 Å². The molecule has 1 aromatic carbocycles. The number of aliphatic imine (C=N–C) groups is 1. The number of hydrogen-bond acceptors (Lipinski definition) is 5. The third-order valence-corrected chi connectivity index (χ3v) is 4.23. The molecule has 0 aliphatic carbocycles. The van der Waals surface area contributed by atoms with Gasteiger partial charge in [0.2, 0.25) is 0 Å². The third-order valence-electron chi connectivity index (χ3n) is 4.23. The number of benzene rings is 1. The Hall–Kier alpha value is -2.97. The van der Waals surface area contributed by atoms with E-state index in [2.05, 4.69) is 15.5 Å². The van der Waals surface area contributed by atoms with Gasteiger partial charge in [0.15, 0.2) is 12.6 Å². The van der Waals surface area contributed by atoms with Crippen LogP contribution in [0, 0.1) is 0 Å². The molecule has 0 aromatic heterocycles. The Balaban J connectivity index is 1.95. The highest BCUT2D eigenvalue weighted by Crippen LogP contribution is 2.15. The van der Waals surface area contributed by atoms with Gasteiger partial charge in [0, 0.05) is 19.6 Å². The summed E-state index contributed by atoms with van der Waals surface area (Å²) in [6.45, 7) is 10.0. The normalized spacial score (nSPS) is 16.9. The highest BCUT2D eigenvalue weighted by molar-refractivity contribution is 5.80. The molecule has 2 amide bonds. The first kappa shape index (κ1) is 23.3. The number of hydrogen-bond donors (Lipinski definition) is 3. The number of alkyl carbamates (subject to hydrolysis) is 1. The number of likely N-dealkylation sites (tertiary alicyclic amines) is 1. The zero-order valence-corrected chi connectivity index (χ0v) is 18.2. The van der Waals surface area contributed by atoms with E-state index in [1.165, 1.54) is 0 Å². The molecule has 9 heteroatoms. The quantitative estimate of drug-likeness (QED) is 0.456. The van der Waals surface area contributed by atoms with E-state index in [1.54, 1.807) is 6.07 Å². The van der Waals surface area contributed by atoms with Crippen LogP contribution in [0.1, 0.15) is 39.7 Å². The zero-order chi connectivity index (χ0) is 22.1. The van der Waals surface area contributed by atoms with Crippen LogP contribution in [-0.2, 0) is 16.1 Å². The molecule has 30 heavy (non-hydrogen) atoms. The van der Waals surface area contributed by atoms with E-state index >= 15 is 0 Å². The van der Waals surface area contributed by atoms with Crippen molar-refractivity contribution in [1.82, 2.24) is 15.5 Å². The Labute approximate surface area is 178 Å². The Kier molecular flexibility index (Phi) is 8.32. The van der Waals surface area contributed by atoms with E-state index in [4.69, 9.17) is 20.2 Å². The van der Waals surface area contributed by atoms with Gasteiger partial charge < -0.3 is 30.7 Å². The largest absolute Gasteiger partial charge is 0.484 e. The maximum absolute atomic E-state index is 12.0. The van der Waals surface area contributed by atoms with Gasteiger partial charge in [0.05, 0.1) is 12.6 Å². The average molecular weight is 420 g/mol. The van der Waals surface area contributed by atoms with Gasteiger partial charge in [-0.15, -0.1) is 0 Å². The molecule has 9 nitrogen and oxygen atoms in total. The smallest absolute Gasteiger partial charge is 0.407 e. The van der Waals surface area contributed by atoms with Crippen molar-refractivity contribution in [2.75, 3.05) is 26.2 Å². The van der Waals surface area contributed by atoms with Crippen LogP contribution in [0.4, 0.5) is 4.79 Å². The Morgan fingerprint density at radius 2 is 2.10 bits per heavy atom. The number of amides is 2. The van der Waals surface area contributed by atoms with Crippen LogP contribution in [0.2, 0.25) is 0 Å². The van der Waals surface area contributed by atoms with Crippen LogP contribution in [0.5, 0.6) is 5.75 Å². The molecule has 0 radical (unpaired) electrons. The van der Waals surface area contributed by atoms with Crippen LogP contribution in [0.15, 0.2) is 29.3 Å². The summed E-state index contributed by atoms with van der Waals surface area (Å²) < 4.78 is 10.7. The molecule has 1 aliphatic heterocycles. The van der Waals surface area contributed by atoms with Crippen LogP contribution < -0.4 is 21.1 Å². The first-order valence-electron chi connectivity index (χ1n) is 10.2. The molecule has 0 bridgehead atoms. The number of guanidine groups is 1. The number of carbonyl (C=O) groups excluding carboxylic acids is 2. The maximum atomic E-state index is 12.0. The molecule has 1 saturated heterocycles. The number of carbonyl (C=O) groups is 2. The van der Waals surface area contributed by atoms with Crippen molar-refractivity contribution in [3.8, 4) is 5.75 Å². The summed E-state index contributed by atoms with van der Waals surface area (Å²) in [6, 6.07) is 7.42. The molecule has 1 aromatic rings. The van der Waals surface area contributed by atoms with Crippen LogP contribution in [-0.4, -0.2) is 60.7 Å². The molecule has 166 valence electrons. The zero-order valence-electron chi connectivity index (χ0n) is 18.2. The summed E-state index contributed by atoms with van der Waals surface area (Å²) >= 11 is 0. The summed E-state index contributed by atoms with van der Waals surface area (Å²) in [5.74, 6) is 0.847. The second-order valence-corrected chi connectivity index (χ2v) is 8.15. The molecule has 1 atom stereocenters. The minimum atomic E-state index is -0.519. The predicted octanol–water partition coefficient (Wildman–Crippen LogP) is 1.62. The lowest BCUT2D eigenvalue weighted by atomic mass is 10.2. The van der Waals surface area contributed by atoms with Gasteiger partial charge in [-0.25, -0.2) is 9.79 Å². The van der Waals surface area contributed by atoms with E-state index in [1.807, 2.05) is 45.9 Å². The predicted molar refractivity (Wildman–Crippen MR) is 115 cm³/mol. The minimum Gasteiger partial charge on any atom is -0.484 e. The minimum absolute atomic E-state index is 0.00855. The second kappa shape index (κ2) is 10.7. The standard InChI is InChI=1S/C21H33N5O4/c1-5-23-19(24-12-15-7-6-8-17(11-15)29-14-18(22)27)26-10-9-16(13-26)25-20(28)30-21(2,3)4/h6-8,11,16H,5,9-10,12-14H2,1-4H3,(H2,22,27)(H,23,24)(H,25,28). The topological polar surface area (TPSA) is 118 Å². The van der Waals surface area contributed by atoms with Crippen LogP contribution in [0.3, 0.4) is 0 Å². The van der Waals surface area contributed by atoms with Gasteiger partial charge in [0.25, 0.3) is 5.91 Å². The SMILES string of the molecule is CCNC(=NCc1cccc(OCC(N)=O)c1)N1CCC(NC(=O)OC(C)(C)C)C1. The van der Waals surface area contributed by atoms with Crippen molar-refractivity contribution >= 4 is 18.0 Å². The van der Waals surface area contributed by atoms with Crippen molar-refractivity contribution in [2.24, 2.45) is 10.7 Å². The summed E-state index contributed by atoms with van der Waals surface area (Å²) in [7, 11) is 0. The molecular weight excluding hydrogens is 386 g/mol. The van der Waals surface area contributed by atoms with Gasteiger partial charge in [-0.05, 0) is 51.8 Å². The number of rotatable bonds is 7. The highest BCUT2D eigenvalue weighted by atomic mass is 16.6. The number of primary amides is 1. The number of nitrogens with zero attached hydrogens (tertiary/aromatic N) is 2. The Bertz CT molecular complexity index is 760. The monoisotopic (exact) mass is 419 g/mol. The Morgan fingerprint density at radius 1 is 1.33 bits per heavy atom. The highest BCUT2D eigenvalue weighted by Gasteiger charge is 2.27. The fraction of sp³-hybridized carbons (Fsp3) is 0.571. The lowest BCUT2D eigenvalue weighted by molar-refractivity contribution is -0.119. The molecule has 0 saturated carbocycles. The van der Waals surface area contributed by atoms with Gasteiger partial charge >= 0.3 is 6.09 Å². The summed E-state index contributed by atoms with van der Waals surface area (Å²) in [4.78, 5) is 29.7. The van der Waals surface area contributed by atoms with Crippen molar-refractivity contribution in [3.05, 3.63) is 29.8 Å². The van der Waals surface area contributed by atoms with E-state index in [-0.39, 0.29) is 12.6 Å². The molecule has 4 N–H and O–H groups in total. The fourth-order valence-corrected chi connectivity index (χ4v) is 3.02. The van der Waals surface area contributed by atoms with Crippen LogP contribution in [0.25, 0.3) is 0 Å². The summed E-state index contributed by atoms with van der Waals surface area (Å²) in [6.07, 6.45) is 0.421. The van der Waals surface area contributed by atoms with Crippen molar-refractivity contribution in [1.29, 1.82) is 0 Å². The average Bonchev–Trinajstić information content (AvgIpc) is 3.10. The number of ether oxygens (including phenoxy) is 2. The molecule has 0 spiro atoms. The summed E-state index contributed by atoms with van der Waals surface area (Å²) in [5, 5.41) is 6.23. The Morgan fingerprint density at radius 3 is 2.77 bits per heavy atom.